The van der Waals surface area contributed by atoms with E-state index >= 15 is 0 Å². The Balaban J connectivity index is 2.26. The molecule has 0 amide bonds. The van der Waals surface area contributed by atoms with Crippen molar-refractivity contribution in [2.24, 2.45) is 0 Å². The van der Waals surface area contributed by atoms with E-state index in [-0.39, 0.29) is 5.69 Å². The fourth-order valence-corrected chi connectivity index (χ4v) is 1.36. The molecule has 1 aromatic carbocycles. The first-order valence-corrected chi connectivity index (χ1v) is 5.01. The van der Waals surface area contributed by atoms with Crippen molar-refractivity contribution in [1.29, 1.82) is 5.26 Å². The number of anilines is 2. The van der Waals surface area contributed by atoms with Crippen LogP contribution < -0.4 is 5.32 Å². The summed E-state index contributed by atoms with van der Waals surface area (Å²) in [4.78, 5) is 18.3. The van der Waals surface area contributed by atoms with Crippen LogP contribution in [0.15, 0.2) is 36.7 Å². The number of aromatic nitrogens is 2. The first-order chi connectivity index (χ1) is 8.69. The second-order valence-corrected chi connectivity index (χ2v) is 3.41. The topological polar surface area (TPSA) is 98.9 Å². The Morgan fingerprint density at radius 2 is 2.17 bits per heavy atom. The molecule has 2 N–H and O–H groups in total. The lowest BCUT2D eigenvalue weighted by Crippen LogP contribution is -2.03. The average molecular weight is 240 g/mol. The Morgan fingerprint density at radius 1 is 1.33 bits per heavy atom. The molecule has 18 heavy (non-hydrogen) atoms. The van der Waals surface area contributed by atoms with E-state index < -0.39 is 5.97 Å². The number of carboxylic acid groups (broad SMARTS) is 1. The van der Waals surface area contributed by atoms with Crippen LogP contribution in [0.2, 0.25) is 0 Å². The molecular formula is C12H8N4O2. The SMILES string of the molecule is N#Cc1cccc(Nc2cc(C(=O)O)ncn2)c1. The van der Waals surface area contributed by atoms with E-state index in [1.54, 1.807) is 24.3 Å². The molecule has 0 atom stereocenters. The van der Waals surface area contributed by atoms with Crippen molar-refractivity contribution in [3.63, 3.8) is 0 Å². The van der Waals surface area contributed by atoms with Gasteiger partial charge in [-0.3, -0.25) is 0 Å². The van der Waals surface area contributed by atoms with Crippen LogP contribution in [0.5, 0.6) is 0 Å². The third-order valence-corrected chi connectivity index (χ3v) is 2.15. The molecule has 0 unspecified atom stereocenters. The van der Waals surface area contributed by atoms with E-state index in [0.717, 1.165) is 0 Å². The molecular weight excluding hydrogens is 232 g/mol. The molecule has 0 saturated heterocycles. The van der Waals surface area contributed by atoms with E-state index in [9.17, 15) is 4.79 Å². The van der Waals surface area contributed by atoms with Gasteiger partial charge in [-0.05, 0) is 18.2 Å². The minimum absolute atomic E-state index is 0.0936. The summed E-state index contributed by atoms with van der Waals surface area (Å²) in [7, 11) is 0. The zero-order valence-electron chi connectivity index (χ0n) is 9.16. The second-order valence-electron chi connectivity index (χ2n) is 3.41. The fraction of sp³-hybridized carbons (Fsp3) is 0. The highest BCUT2D eigenvalue weighted by Crippen LogP contribution is 2.15. The Bertz CT molecular complexity index is 634. The summed E-state index contributed by atoms with van der Waals surface area (Å²) in [6, 6.07) is 10.1. The minimum Gasteiger partial charge on any atom is -0.477 e. The minimum atomic E-state index is -1.12. The normalized spacial score (nSPS) is 9.50. The van der Waals surface area contributed by atoms with Crippen LogP contribution in [-0.2, 0) is 0 Å². The largest absolute Gasteiger partial charge is 0.477 e. The van der Waals surface area contributed by atoms with Gasteiger partial charge in [0.05, 0.1) is 11.6 Å². The van der Waals surface area contributed by atoms with Crippen LogP contribution in [0.3, 0.4) is 0 Å². The highest BCUT2D eigenvalue weighted by atomic mass is 16.4. The molecule has 0 aliphatic carbocycles. The number of nitriles is 1. The first kappa shape index (κ1) is 11.5. The van der Waals surface area contributed by atoms with Crippen molar-refractivity contribution in [3.05, 3.63) is 47.9 Å². The summed E-state index contributed by atoms with van der Waals surface area (Å²) in [6.07, 6.45) is 1.17. The van der Waals surface area contributed by atoms with Gasteiger partial charge in [-0.15, -0.1) is 0 Å². The van der Waals surface area contributed by atoms with Crippen molar-refractivity contribution in [3.8, 4) is 6.07 Å². The van der Waals surface area contributed by atoms with Gasteiger partial charge in [-0.25, -0.2) is 14.8 Å². The molecule has 0 fully saturated rings. The van der Waals surface area contributed by atoms with Crippen LogP contribution in [-0.4, -0.2) is 21.0 Å². The van der Waals surface area contributed by atoms with Crippen LogP contribution in [0, 0.1) is 11.3 Å². The second kappa shape index (κ2) is 4.93. The molecule has 88 valence electrons. The smallest absolute Gasteiger partial charge is 0.354 e. The van der Waals surface area contributed by atoms with Gasteiger partial charge in [0.1, 0.15) is 12.1 Å². The van der Waals surface area contributed by atoms with Gasteiger partial charge in [0.25, 0.3) is 0 Å². The lowest BCUT2D eigenvalue weighted by Gasteiger charge is -2.05. The number of hydrogen-bond acceptors (Lipinski definition) is 5. The fourth-order valence-electron chi connectivity index (χ4n) is 1.36. The average Bonchev–Trinajstić information content (AvgIpc) is 2.39. The molecule has 6 heteroatoms. The van der Waals surface area contributed by atoms with E-state index in [2.05, 4.69) is 15.3 Å². The lowest BCUT2D eigenvalue weighted by molar-refractivity contribution is 0.0690. The van der Waals surface area contributed by atoms with Crippen molar-refractivity contribution >= 4 is 17.5 Å². The van der Waals surface area contributed by atoms with E-state index in [4.69, 9.17) is 10.4 Å². The first-order valence-electron chi connectivity index (χ1n) is 5.01. The molecule has 0 radical (unpaired) electrons. The van der Waals surface area contributed by atoms with E-state index in [1.165, 1.54) is 12.4 Å². The predicted molar refractivity (Wildman–Crippen MR) is 63.4 cm³/mol. The molecule has 2 rings (SSSR count). The molecule has 0 aliphatic heterocycles. The van der Waals surface area contributed by atoms with Crippen LogP contribution in [0.4, 0.5) is 11.5 Å². The predicted octanol–water partition coefficient (Wildman–Crippen LogP) is 1.79. The van der Waals surface area contributed by atoms with Gasteiger partial charge < -0.3 is 10.4 Å². The molecule has 0 spiro atoms. The van der Waals surface area contributed by atoms with Gasteiger partial charge in [0.2, 0.25) is 0 Å². The maximum absolute atomic E-state index is 10.7. The summed E-state index contributed by atoms with van der Waals surface area (Å²) in [5.74, 6) is -0.760. The maximum Gasteiger partial charge on any atom is 0.354 e. The van der Waals surface area contributed by atoms with Gasteiger partial charge >= 0.3 is 5.97 Å². The van der Waals surface area contributed by atoms with Crippen molar-refractivity contribution in [1.82, 2.24) is 9.97 Å². The number of carbonyl (C=O) groups is 1. The summed E-state index contributed by atoms with van der Waals surface area (Å²) < 4.78 is 0. The number of nitrogens with one attached hydrogen (secondary N) is 1. The zero-order valence-corrected chi connectivity index (χ0v) is 9.16. The standard InChI is InChI=1S/C12H8N4O2/c13-6-8-2-1-3-9(4-8)16-11-5-10(12(17)18)14-7-15-11/h1-5,7H,(H,17,18)(H,14,15,16). The molecule has 6 nitrogen and oxygen atoms in total. The van der Waals surface area contributed by atoms with E-state index in [0.29, 0.717) is 17.1 Å². The molecule has 1 aromatic heterocycles. The molecule has 1 heterocycles. The van der Waals surface area contributed by atoms with Crippen molar-refractivity contribution in [2.45, 2.75) is 0 Å². The Morgan fingerprint density at radius 3 is 2.89 bits per heavy atom. The van der Waals surface area contributed by atoms with Gasteiger partial charge in [0.15, 0.2) is 5.69 Å². The Hall–Kier alpha value is -2.94. The van der Waals surface area contributed by atoms with Crippen molar-refractivity contribution < 1.29 is 9.90 Å². The molecule has 0 aliphatic rings. The summed E-state index contributed by atoms with van der Waals surface area (Å²) >= 11 is 0. The third-order valence-electron chi connectivity index (χ3n) is 2.15. The lowest BCUT2D eigenvalue weighted by atomic mass is 10.2. The molecule has 0 bridgehead atoms. The number of carboxylic acids is 1. The van der Waals surface area contributed by atoms with Gasteiger partial charge in [-0.1, -0.05) is 6.07 Å². The Kier molecular flexibility index (Phi) is 3.16. The number of rotatable bonds is 3. The third kappa shape index (κ3) is 2.59. The number of aromatic carboxylic acids is 1. The van der Waals surface area contributed by atoms with Gasteiger partial charge in [-0.2, -0.15) is 5.26 Å². The van der Waals surface area contributed by atoms with Crippen LogP contribution in [0.25, 0.3) is 0 Å². The quantitative estimate of drug-likeness (QED) is 0.848. The molecule has 0 saturated carbocycles. The molecule has 2 aromatic rings. The summed E-state index contributed by atoms with van der Waals surface area (Å²) in [6.45, 7) is 0. The van der Waals surface area contributed by atoms with Crippen molar-refractivity contribution in [2.75, 3.05) is 5.32 Å². The number of benzene rings is 1. The zero-order chi connectivity index (χ0) is 13.0. The highest BCUT2D eigenvalue weighted by Gasteiger charge is 2.06. The highest BCUT2D eigenvalue weighted by molar-refractivity contribution is 5.86. The maximum atomic E-state index is 10.7. The van der Waals surface area contributed by atoms with Crippen LogP contribution in [0.1, 0.15) is 16.1 Å². The Labute approximate surface area is 103 Å². The monoisotopic (exact) mass is 240 g/mol. The summed E-state index contributed by atoms with van der Waals surface area (Å²) in [5.41, 5.74) is 1.07. The summed E-state index contributed by atoms with van der Waals surface area (Å²) in [5, 5.41) is 20.5. The number of nitrogens with zero attached hydrogens (tertiary/aromatic N) is 3. The van der Waals surface area contributed by atoms with Crippen LogP contribution >= 0.6 is 0 Å². The number of hydrogen-bond donors (Lipinski definition) is 2. The van der Waals surface area contributed by atoms with E-state index in [1.807, 2.05) is 6.07 Å². The van der Waals surface area contributed by atoms with Gasteiger partial charge in [0, 0.05) is 11.8 Å².